The summed E-state index contributed by atoms with van der Waals surface area (Å²) in [7, 11) is 1.79. The molecule has 6 nitrogen and oxygen atoms in total. The van der Waals surface area contributed by atoms with Crippen LogP contribution in [-0.2, 0) is 6.42 Å². The fraction of sp³-hybridized carbons (Fsp3) is 0.240. The van der Waals surface area contributed by atoms with E-state index in [9.17, 15) is 9.18 Å². The molecule has 0 aliphatic heterocycles. The molecule has 4 rings (SSSR count). The summed E-state index contributed by atoms with van der Waals surface area (Å²) >= 11 is 6.24. The van der Waals surface area contributed by atoms with E-state index in [1.807, 2.05) is 38.1 Å². The standard InChI is InChI=1S/C25H25ClFN5O/c1-16-24(26)17(2)32(30-16)22-11-9-18(10-12-22)25(33)31(3)13-5-8-21-15-23(29-28-21)19-6-4-7-20(27)14-19/h4,6-7,9-12,14-15H,5,8,13H2,1-3H3,(H,28,29). The zero-order chi connectivity index (χ0) is 23.5. The minimum absolute atomic E-state index is 0.0435. The Labute approximate surface area is 197 Å². The first-order valence-corrected chi connectivity index (χ1v) is 11.1. The number of rotatable bonds is 7. The van der Waals surface area contributed by atoms with Crippen molar-refractivity contribution < 1.29 is 9.18 Å². The van der Waals surface area contributed by atoms with Gasteiger partial charge >= 0.3 is 0 Å². The number of aromatic nitrogens is 4. The highest BCUT2D eigenvalue weighted by atomic mass is 35.5. The van der Waals surface area contributed by atoms with Crippen molar-refractivity contribution in [2.75, 3.05) is 13.6 Å². The molecule has 8 heteroatoms. The molecule has 2 heterocycles. The lowest BCUT2D eigenvalue weighted by molar-refractivity contribution is 0.0793. The Balaban J connectivity index is 1.33. The number of hydrogen-bond donors (Lipinski definition) is 1. The van der Waals surface area contributed by atoms with Crippen molar-refractivity contribution in [2.45, 2.75) is 26.7 Å². The van der Waals surface area contributed by atoms with Crippen LogP contribution >= 0.6 is 11.6 Å². The molecule has 33 heavy (non-hydrogen) atoms. The van der Waals surface area contributed by atoms with Crippen LogP contribution in [0.1, 0.15) is 33.9 Å². The SMILES string of the molecule is Cc1nn(-c2ccc(C(=O)N(C)CCCc3cc(-c4cccc(F)c4)n[nH]3)cc2)c(C)c1Cl. The number of carbonyl (C=O) groups excluding carboxylic acids is 1. The summed E-state index contributed by atoms with van der Waals surface area (Å²) in [5, 5.41) is 12.4. The summed E-state index contributed by atoms with van der Waals surface area (Å²) < 4.78 is 15.2. The van der Waals surface area contributed by atoms with Crippen LogP contribution in [0.3, 0.4) is 0 Å². The topological polar surface area (TPSA) is 66.8 Å². The molecule has 1 N–H and O–H groups in total. The van der Waals surface area contributed by atoms with Crippen molar-refractivity contribution in [3.05, 3.63) is 88.1 Å². The molecule has 0 atom stereocenters. The van der Waals surface area contributed by atoms with Gasteiger partial charge in [0, 0.05) is 30.4 Å². The number of nitrogens with zero attached hydrogens (tertiary/aromatic N) is 4. The number of hydrogen-bond acceptors (Lipinski definition) is 3. The second-order valence-corrected chi connectivity index (χ2v) is 8.44. The van der Waals surface area contributed by atoms with Gasteiger partial charge in [-0.1, -0.05) is 23.7 Å². The first-order chi connectivity index (χ1) is 15.8. The van der Waals surface area contributed by atoms with Gasteiger partial charge in [-0.25, -0.2) is 9.07 Å². The maximum absolute atomic E-state index is 13.4. The number of nitrogens with one attached hydrogen (secondary N) is 1. The van der Waals surface area contributed by atoms with Crippen molar-refractivity contribution in [1.29, 1.82) is 0 Å². The van der Waals surface area contributed by atoms with Crippen molar-refractivity contribution in [1.82, 2.24) is 24.9 Å². The fourth-order valence-corrected chi connectivity index (χ4v) is 3.85. The third-order valence-corrected chi connectivity index (χ3v) is 6.15. The second-order valence-electron chi connectivity index (χ2n) is 8.06. The monoisotopic (exact) mass is 465 g/mol. The lowest BCUT2D eigenvalue weighted by Gasteiger charge is -2.17. The van der Waals surface area contributed by atoms with Gasteiger partial charge in [0.15, 0.2) is 0 Å². The molecular weight excluding hydrogens is 441 g/mol. The molecule has 170 valence electrons. The number of amides is 1. The quantitative estimate of drug-likeness (QED) is 0.398. The Kier molecular flexibility index (Phi) is 6.60. The van der Waals surface area contributed by atoms with E-state index in [4.69, 9.17) is 11.6 Å². The van der Waals surface area contributed by atoms with E-state index in [2.05, 4.69) is 15.3 Å². The molecule has 0 saturated heterocycles. The number of halogens is 2. The summed E-state index contributed by atoms with van der Waals surface area (Å²) in [6.45, 7) is 4.38. The summed E-state index contributed by atoms with van der Waals surface area (Å²) in [4.78, 5) is 14.5. The van der Waals surface area contributed by atoms with Gasteiger partial charge in [0.25, 0.3) is 5.91 Å². The van der Waals surface area contributed by atoms with E-state index in [0.717, 1.165) is 41.2 Å². The molecule has 0 aliphatic carbocycles. The number of carbonyl (C=O) groups is 1. The van der Waals surface area contributed by atoms with Crippen molar-refractivity contribution in [3.8, 4) is 16.9 Å². The first-order valence-electron chi connectivity index (χ1n) is 10.7. The van der Waals surface area contributed by atoms with Crippen molar-refractivity contribution >= 4 is 17.5 Å². The van der Waals surface area contributed by atoms with E-state index in [1.165, 1.54) is 12.1 Å². The molecule has 0 unspecified atom stereocenters. The maximum Gasteiger partial charge on any atom is 0.253 e. The van der Waals surface area contributed by atoms with Gasteiger partial charge in [0.2, 0.25) is 0 Å². The second kappa shape index (κ2) is 9.58. The van der Waals surface area contributed by atoms with Gasteiger partial charge in [0.1, 0.15) is 5.82 Å². The van der Waals surface area contributed by atoms with Crippen LogP contribution in [0.2, 0.25) is 5.02 Å². The molecule has 0 spiro atoms. The summed E-state index contributed by atoms with van der Waals surface area (Å²) in [6.07, 6.45) is 1.51. The van der Waals surface area contributed by atoms with E-state index in [0.29, 0.717) is 22.8 Å². The van der Waals surface area contributed by atoms with Crippen molar-refractivity contribution in [2.24, 2.45) is 0 Å². The minimum atomic E-state index is -0.288. The average Bonchev–Trinajstić information content (AvgIpc) is 3.39. The molecule has 2 aromatic carbocycles. The van der Waals surface area contributed by atoms with Gasteiger partial charge in [-0.05, 0) is 69.2 Å². The van der Waals surface area contributed by atoms with Crippen LogP contribution in [0.25, 0.3) is 16.9 Å². The van der Waals surface area contributed by atoms with E-state index >= 15 is 0 Å². The number of benzene rings is 2. The van der Waals surface area contributed by atoms with Gasteiger partial charge in [-0.2, -0.15) is 10.2 Å². The smallest absolute Gasteiger partial charge is 0.253 e. The Bertz CT molecular complexity index is 1280. The minimum Gasteiger partial charge on any atom is -0.342 e. The van der Waals surface area contributed by atoms with Crippen LogP contribution in [0.15, 0.2) is 54.6 Å². The van der Waals surface area contributed by atoms with Crippen LogP contribution in [0.5, 0.6) is 0 Å². The van der Waals surface area contributed by atoms with Crippen molar-refractivity contribution in [3.63, 3.8) is 0 Å². The van der Waals surface area contributed by atoms with Crippen LogP contribution in [0, 0.1) is 19.7 Å². The number of aryl methyl sites for hydroxylation is 2. The van der Waals surface area contributed by atoms with Gasteiger partial charge in [-0.15, -0.1) is 0 Å². The normalized spacial score (nSPS) is 11.1. The highest BCUT2D eigenvalue weighted by molar-refractivity contribution is 6.31. The third kappa shape index (κ3) is 4.98. The Hall–Kier alpha value is -3.45. The third-order valence-electron chi connectivity index (χ3n) is 5.60. The lowest BCUT2D eigenvalue weighted by atomic mass is 10.1. The first kappa shape index (κ1) is 22.7. The predicted molar refractivity (Wildman–Crippen MR) is 127 cm³/mol. The van der Waals surface area contributed by atoms with E-state index < -0.39 is 0 Å². The van der Waals surface area contributed by atoms with Gasteiger partial charge < -0.3 is 4.90 Å². The van der Waals surface area contributed by atoms with Crippen LogP contribution in [0.4, 0.5) is 4.39 Å². The van der Waals surface area contributed by atoms with Gasteiger partial charge in [-0.3, -0.25) is 9.89 Å². The maximum atomic E-state index is 13.4. The zero-order valence-electron chi connectivity index (χ0n) is 18.8. The van der Waals surface area contributed by atoms with E-state index in [-0.39, 0.29) is 11.7 Å². The van der Waals surface area contributed by atoms with Crippen LogP contribution in [-0.4, -0.2) is 44.4 Å². The predicted octanol–water partition coefficient (Wildman–Crippen LogP) is 5.38. The zero-order valence-corrected chi connectivity index (χ0v) is 19.5. The van der Waals surface area contributed by atoms with E-state index in [1.54, 1.807) is 34.8 Å². The fourth-order valence-electron chi connectivity index (χ4n) is 3.73. The molecular formula is C25H25ClFN5O. The highest BCUT2D eigenvalue weighted by Crippen LogP contribution is 2.23. The Morgan fingerprint density at radius 1 is 1.15 bits per heavy atom. The Morgan fingerprint density at radius 2 is 1.91 bits per heavy atom. The molecule has 2 aromatic heterocycles. The average molecular weight is 466 g/mol. The highest BCUT2D eigenvalue weighted by Gasteiger charge is 2.14. The molecule has 0 aliphatic rings. The molecule has 4 aromatic rings. The van der Waals surface area contributed by atoms with Crippen LogP contribution < -0.4 is 0 Å². The molecule has 1 amide bonds. The number of H-pyrrole nitrogens is 1. The summed E-state index contributed by atoms with van der Waals surface area (Å²) in [6, 6.07) is 15.6. The summed E-state index contributed by atoms with van der Waals surface area (Å²) in [5.41, 5.74) is 5.50. The molecule has 0 fully saturated rings. The van der Waals surface area contributed by atoms with Gasteiger partial charge in [0.05, 0.1) is 27.8 Å². The molecule has 0 saturated carbocycles. The molecule has 0 radical (unpaired) electrons. The largest absolute Gasteiger partial charge is 0.342 e. The lowest BCUT2D eigenvalue weighted by Crippen LogP contribution is -2.28. The Morgan fingerprint density at radius 3 is 2.58 bits per heavy atom. The number of aromatic amines is 1. The summed E-state index contributed by atoms with van der Waals surface area (Å²) in [5.74, 6) is -0.332. The molecule has 0 bridgehead atoms.